The van der Waals surface area contributed by atoms with E-state index in [0.717, 1.165) is 29.3 Å². The van der Waals surface area contributed by atoms with Crippen molar-refractivity contribution < 1.29 is 9.21 Å². The molecule has 6 heteroatoms. The Hall–Kier alpha value is -2.08. The van der Waals surface area contributed by atoms with Crippen molar-refractivity contribution in [3.05, 3.63) is 30.6 Å². The second-order valence-corrected chi connectivity index (χ2v) is 7.52. The van der Waals surface area contributed by atoms with Gasteiger partial charge in [-0.15, -0.1) is 0 Å². The van der Waals surface area contributed by atoms with Crippen molar-refractivity contribution in [1.82, 2.24) is 14.9 Å². The van der Waals surface area contributed by atoms with E-state index in [1.54, 1.807) is 0 Å². The monoisotopic (exact) mass is 371 g/mol. The highest BCUT2D eigenvalue weighted by molar-refractivity contribution is 8.00. The molecule has 1 amide bonds. The normalized spacial score (nSPS) is 13.8. The molecule has 2 aromatic heterocycles. The SMILES string of the molecule is CC[C@@H](C)N(C(=O)CSc1ncnc2c1oc1ccccc12)[C@H](C)CC. The molecule has 1 aromatic carbocycles. The number of carbonyl (C=O) groups is 1. The minimum absolute atomic E-state index is 0.140. The molecule has 0 saturated carbocycles. The van der Waals surface area contributed by atoms with Crippen LogP contribution in [0, 0.1) is 0 Å². The van der Waals surface area contributed by atoms with E-state index in [4.69, 9.17) is 4.42 Å². The Balaban J connectivity index is 1.84. The summed E-state index contributed by atoms with van der Waals surface area (Å²) in [5, 5.41) is 1.69. The Morgan fingerprint density at radius 2 is 1.85 bits per heavy atom. The van der Waals surface area contributed by atoms with Crippen LogP contribution in [0.2, 0.25) is 0 Å². The van der Waals surface area contributed by atoms with Crippen LogP contribution in [0.1, 0.15) is 40.5 Å². The van der Waals surface area contributed by atoms with E-state index in [9.17, 15) is 4.79 Å². The zero-order chi connectivity index (χ0) is 18.7. The van der Waals surface area contributed by atoms with Gasteiger partial charge in [-0.1, -0.05) is 37.7 Å². The Labute approximate surface area is 158 Å². The van der Waals surface area contributed by atoms with Crippen LogP contribution >= 0.6 is 11.8 Å². The number of amides is 1. The second-order valence-electron chi connectivity index (χ2n) is 6.56. The van der Waals surface area contributed by atoms with Crippen molar-refractivity contribution in [3.63, 3.8) is 0 Å². The zero-order valence-electron chi connectivity index (χ0n) is 15.7. The minimum atomic E-state index is 0.140. The molecule has 26 heavy (non-hydrogen) atoms. The quantitative estimate of drug-likeness (QED) is 0.437. The van der Waals surface area contributed by atoms with Gasteiger partial charge in [0.15, 0.2) is 5.58 Å². The van der Waals surface area contributed by atoms with Crippen molar-refractivity contribution in [2.24, 2.45) is 0 Å². The molecular formula is C20H25N3O2S. The molecule has 0 unspecified atom stereocenters. The fourth-order valence-corrected chi connectivity index (χ4v) is 3.93. The van der Waals surface area contributed by atoms with Crippen LogP contribution in [0.5, 0.6) is 0 Å². The number of thioether (sulfide) groups is 1. The lowest BCUT2D eigenvalue weighted by Crippen LogP contribution is -2.45. The number of hydrogen-bond acceptors (Lipinski definition) is 5. The molecule has 3 rings (SSSR count). The molecular weight excluding hydrogens is 346 g/mol. The van der Waals surface area contributed by atoms with Gasteiger partial charge in [-0.3, -0.25) is 4.79 Å². The van der Waals surface area contributed by atoms with Crippen molar-refractivity contribution in [2.45, 2.75) is 57.6 Å². The molecule has 0 aliphatic carbocycles. The van der Waals surface area contributed by atoms with E-state index in [1.807, 2.05) is 29.2 Å². The fraction of sp³-hybridized carbons (Fsp3) is 0.450. The molecule has 3 aromatic rings. The Morgan fingerprint density at radius 3 is 2.54 bits per heavy atom. The van der Waals surface area contributed by atoms with Crippen molar-refractivity contribution in [2.75, 3.05) is 5.75 Å². The molecule has 2 heterocycles. The average Bonchev–Trinajstić information content (AvgIpc) is 3.05. The topological polar surface area (TPSA) is 59.2 Å². The highest BCUT2D eigenvalue weighted by atomic mass is 32.2. The van der Waals surface area contributed by atoms with E-state index in [0.29, 0.717) is 16.4 Å². The lowest BCUT2D eigenvalue weighted by molar-refractivity contribution is -0.132. The van der Waals surface area contributed by atoms with Gasteiger partial charge in [0.1, 0.15) is 22.5 Å². The van der Waals surface area contributed by atoms with Crippen LogP contribution in [0.3, 0.4) is 0 Å². The van der Waals surface area contributed by atoms with E-state index in [-0.39, 0.29) is 18.0 Å². The Kier molecular flexibility index (Phi) is 5.81. The lowest BCUT2D eigenvalue weighted by Gasteiger charge is -2.34. The standard InChI is InChI=1S/C20H25N3O2S/c1-5-13(3)23(14(4)6-2)17(24)11-26-20-19-18(21-12-22-20)15-9-7-8-10-16(15)25-19/h7-10,12-14H,5-6,11H2,1-4H3/t13-,14-/m1/s1. The number of hydrogen-bond donors (Lipinski definition) is 0. The minimum Gasteiger partial charge on any atom is -0.451 e. The number of fused-ring (bicyclic) bond motifs is 3. The summed E-state index contributed by atoms with van der Waals surface area (Å²) in [6.07, 6.45) is 3.43. The summed E-state index contributed by atoms with van der Waals surface area (Å²) in [6, 6.07) is 8.27. The van der Waals surface area contributed by atoms with Crippen LogP contribution in [-0.2, 0) is 4.79 Å². The number of carbonyl (C=O) groups excluding carboxylic acids is 1. The maximum absolute atomic E-state index is 12.9. The first kappa shape index (κ1) is 18.7. The van der Waals surface area contributed by atoms with E-state index in [1.165, 1.54) is 18.1 Å². The predicted molar refractivity (Wildman–Crippen MR) is 106 cm³/mol. The third kappa shape index (κ3) is 3.56. The number of nitrogens with zero attached hydrogens (tertiary/aromatic N) is 3. The Morgan fingerprint density at radius 1 is 1.15 bits per heavy atom. The van der Waals surface area contributed by atoms with E-state index < -0.39 is 0 Å². The van der Waals surface area contributed by atoms with Gasteiger partial charge in [-0.2, -0.15) is 0 Å². The summed E-state index contributed by atoms with van der Waals surface area (Å²) in [7, 11) is 0. The molecule has 2 atom stereocenters. The summed E-state index contributed by atoms with van der Waals surface area (Å²) in [5.74, 6) is 0.485. The molecule has 0 N–H and O–H groups in total. The Bertz CT molecular complexity index is 898. The smallest absolute Gasteiger partial charge is 0.233 e. The van der Waals surface area contributed by atoms with Gasteiger partial charge < -0.3 is 9.32 Å². The van der Waals surface area contributed by atoms with Crippen LogP contribution in [0.25, 0.3) is 22.1 Å². The first-order chi connectivity index (χ1) is 12.6. The number of aromatic nitrogens is 2. The summed E-state index contributed by atoms with van der Waals surface area (Å²) in [6.45, 7) is 8.44. The summed E-state index contributed by atoms with van der Waals surface area (Å²) >= 11 is 1.42. The first-order valence-electron chi connectivity index (χ1n) is 9.13. The van der Waals surface area contributed by atoms with Crippen LogP contribution < -0.4 is 0 Å². The maximum atomic E-state index is 12.9. The number of para-hydroxylation sites is 1. The number of benzene rings is 1. The van der Waals surface area contributed by atoms with Gasteiger partial charge in [0.05, 0.1) is 5.75 Å². The van der Waals surface area contributed by atoms with Gasteiger partial charge in [-0.25, -0.2) is 9.97 Å². The van der Waals surface area contributed by atoms with Gasteiger partial charge in [0.25, 0.3) is 0 Å². The summed E-state index contributed by atoms with van der Waals surface area (Å²) in [5.41, 5.74) is 2.24. The molecule has 0 aliphatic heterocycles. The van der Waals surface area contributed by atoms with Crippen LogP contribution in [0.15, 0.2) is 40.0 Å². The number of furan rings is 1. The average molecular weight is 372 g/mol. The second kappa shape index (κ2) is 8.08. The van der Waals surface area contributed by atoms with Crippen LogP contribution in [-0.4, -0.2) is 38.6 Å². The molecule has 0 bridgehead atoms. The van der Waals surface area contributed by atoms with E-state index >= 15 is 0 Å². The maximum Gasteiger partial charge on any atom is 0.233 e. The summed E-state index contributed by atoms with van der Waals surface area (Å²) in [4.78, 5) is 23.6. The van der Waals surface area contributed by atoms with Crippen molar-refractivity contribution in [3.8, 4) is 0 Å². The fourth-order valence-electron chi connectivity index (χ4n) is 3.13. The molecule has 0 aliphatic rings. The highest BCUT2D eigenvalue weighted by Gasteiger charge is 2.24. The third-order valence-corrected chi connectivity index (χ3v) is 5.83. The van der Waals surface area contributed by atoms with Crippen LogP contribution in [0.4, 0.5) is 0 Å². The highest BCUT2D eigenvalue weighted by Crippen LogP contribution is 2.32. The summed E-state index contributed by atoms with van der Waals surface area (Å²) < 4.78 is 5.94. The molecule has 0 fully saturated rings. The van der Waals surface area contributed by atoms with Crippen molar-refractivity contribution in [1.29, 1.82) is 0 Å². The third-order valence-electron chi connectivity index (χ3n) is 4.88. The van der Waals surface area contributed by atoms with Gasteiger partial charge in [0.2, 0.25) is 5.91 Å². The van der Waals surface area contributed by atoms with Gasteiger partial charge >= 0.3 is 0 Å². The predicted octanol–water partition coefficient (Wildman–Crippen LogP) is 4.89. The molecule has 138 valence electrons. The van der Waals surface area contributed by atoms with Gasteiger partial charge in [0, 0.05) is 17.5 Å². The lowest BCUT2D eigenvalue weighted by atomic mass is 10.1. The number of rotatable bonds is 7. The zero-order valence-corrected chi connectivity index (χ0v) is 16.5. The first-order valence-corrected chi connectivity index (χ1v) is 10.1. The molecule has 0 radical (unpaired) electrons. The molecule has 0 saturated heterocycles. The van der Waals surface area contributed by atoms with E-state index in [2.05, 4.69) is 37.7 Å². The molecule has 0 spiro atoms. The van der Waals surface area contributed by atoms with Gasteiger partial charge in [-0.05, 0) is 38.8 Å². The largest absolute Gasteiger partial charge is 0.451 e. The van der Waals surface area contributed by atoms with Crippen molar-refractivity contribution >= 4 is 39.7 Å². The molecule has 5 nitrogen and oxygen atoms in total.